The van der Waals surface area contributed by atoms with E-state index >= 15 is 0 Å². The van der Waals surface area contributed by atoms with E-state index in [0.29, 0.717) is 15.5 Å². The lowest BCUT2D eigenvalue weighted by atomic mass is 10.2. The molecule has 0 aliphatic rings. The van der Waals surface area contributed by atoms with Gasteiger partial charge in [-0.2, -0.15) is 0 Å². The van der Waals surface area contributed by atoms with Crippen molar-refractivity contribution in [3.63, 3.8) is 0 Å². The average Bonchev–Trinajstić information content (AvgIpc) is 2.39. The zero-order valence-electron chi connectivity index (χ0n) is 10.0. The van der Waals surface area contributed by atoms with Gasteiger partial charge in [0.1, 0.15) is 0 Å². The summed E-state index contributed by atoms with van der Waals surface area (Å²) in [4.78, 5) is 0.421. The molecule has 0 aromatic heterocycles. The Morgan fingerprint density at radius 2 is 1.68 bits per heavy atom. The number of nitrogens with one attached hydrogen (secondary N) is 1. The van der Waals surface area contributed by atoms with Crippen LogP contribution in [0, 0.1) is 4.78 Å². The summed E-state index contributed by atoms with van der Waals surface area (Å²) >= 11 is 6.02. The van der Waals surface area contributed by atoms with Crippen LogP contribution in [-0.2, 0) is 9.73 Å². The first kappa shape index (κ1) is 13.6. The lowest BCUT2D eigenvalue weighted by Gasteiger charge is -2.07. The van der Waals surface area contributed by atoms with Gasteiger partial charge in [0.15, 0.2) is 0 Å². The molecule has 2 aromatic carbocycles. The number of hydrogen-bond donors (Lipinski definition) is 2. The maximum Gasteiger partial charge on any atom is 0.0963 e. The van der Waals surface area contributed by atoms with E-state index in [1.54, 1.807) is 54.6 Å². The largest absolute Gasteiger partial charge is 0.398 e. The first-order chi connectivity index (χ1) is 9.00. The second kappa shape index (κ2) is 5.47. The molecule has 1 unspecified atom stereocenters. The van der Waals surface area contributed by atoms with Gasteiger partial charge < -0.3 is 5.73 Å². The minimum absolute atomic E-state index is 0.245. The van der Waals surface area contributed by atoms with Crippen LogP contribution in [0.1, 0.15) is 5.56 Å². The van der Waals surface area contributed by atoms with Crippen LogP contribution in [0.2, 0.25) is 5.02 Å². The van der Waals surface area contributed by atoms with Crippen LogP contribution in [0.25, 0.3) is 5.70 Å². The smallest absolute Gasteiger partial charge is 0.0963 e. The first-order valence-corrected chi connectivity index (χ1v) is 7.56. The van der Waals surface area contributed by atoms with E-state index in [-0.39, 0.29) is 5.70 Å². The SMILES string of the molecule is N=S(=O)(C=C(N)c1ccccc1Cl)c1ccccc1. The Kier molecular flexibility index (Phi) is 3.93. The second-order valence-corrected chi connectivity index (χ2v) is 6.28. The highest BCUT2D eigenvalue weighted by atomic mass is 35.5. The quantitative estimate of drug-likeness (QED) is 0.905. The molecule has 0 radical (unpaired) electrons. The number of nitrogens with two attached hydrogens (primary N) is 1. The summed E-state index contributed by atoms with van der Waals surface area (Å²) in [5.74, 6) is 0. The highest BCUT2D eigenvalue weighted by Gasteiger charge is 2.09. The third-order valence-electron chi connectivity index (χ3n) is 2.57. The minimum Gasteiger partial charge on any atom is -0.398 e. The molecule has 0 spiro atoms. The fourth-order valence-electron chi connectivity index (χ4n) is 1.63. The van der Waals surface area contributed by atoms with E-state index in [9.17, 15) is 4.21 Å². The zero-order valence-corrected chi connectivity index (χ0v) is 11.6. The van der Waals surface area contributed by atoms with Crippen molar-refractivity contribution < 1.29 is 4.21 Å². The Hall–Kier alpha value is -1.78. The Labute approximate surface area is 117 Å². The van der Waals surface area contributed by atoms with Crippen molar-refractivity contribution in [1.29, 1.82) is 4.78 Å². The molecule has 0 amide bonds. The Morgan fingerprint density at radius 3 is 2.32 bits per heavy atom. The molecule has 2 aromatic rings. The van der Waals surface area contributed by atoms with Crippen LogP contribution < -0.4 is 5.73 Å². The van der Waals surface area contributed by atoms with Crippen molar-refractivity contribution >= 4 is 27.0 Å². The number of halogens is 1. The molecule has 3 nitrogen and oxygen atoms in total. The van der Waals surface area contributed by atoms with Crippen LogP contribution in [0.3, 0.4) is 0 Å². The van der Waals surface area contributed by atoms with Gasteiger partial charge in [-0.15, -0.1) is 0 Å². The van der Waals surface area contributed by atoms with Crippen molar-refractivity contribution in [2.45, 2.75) is 4.90 Å². The second-order valence-electron chi connectivity index (χ2n) is 3.97. The van der Waals surface area contributed by atoms with E-state index in [1.165, 1.54) is 5.41 Å². The lowest BCUT2D eigenvalue weighted by molar-refractivity contribution is 0.681. The van der Waals surface area contributed by atoms with Crippen LogP contribution in [0.15, 0.2) is 64.9 Å². The predicted molar refractivity (Wildman–Crippen MR) is 79.2 cm³/mol. The lowest BCUT2D eigenvalue weighted by Crippen LogP contribution is -2.02. The highest BCUT2D eigenvalue weighted by molar-refractivity contribution is 7.95. The van der Waals surface area contributed by atoms with E-state index in [1.807, 2.05) is 0 Å². The zero-order chi connectivity index (χ0) is 13.9. The van der Waals surface area contributed by atoms with Gasteiger partial charge >= 0.3 is 0 Å². The fraction of sp³-hybridized carbons (Fsp3) is 0. The monoisotopic (exact) mass is 292 g/mol. The van der Waals surface area contributed by atoms with Gasteiger partial charge in [-0.3, -0.25) is 0 Å². The summed E-state index contributed by atoms with van der Waals surface area (Å²) < 4.78 is 20.3. The van der Waals surface area contributed by atoms with E-state index in [2.05, 4.69) is 0 Å². The molecule has 0 aliphatic heterocycles. The maximum atomic E-state index is 12.3. The molecule has 5 heteroatoms. The Bertz CT molecular complexity index is 709. The molecule has 98 valence electrons. The van der Waals surface area contributed by atoms with Gasteiger partial charge in [0.2, 0.25) is 0 Å². The number of benzene rings is 2. The van der Waals surface area contributed by atoms with Crippen LogP contribution in [0.5, 0.6) is 0 Å². The summed E-state index contributed by atoms with van der Waals surface area (Å²) in [7, 11) is -3.07. The molecule has 0 bridgehead atoms. The van der Waals surface area contributed by atoms with Crippen LogP contribution in [-0.4, -0.2) is 4.21 Å². The minimum atomic E-state index is -3.07. The fourth-order valence-corrected chi connectivity index (χ4v) is 3.06. The van der Waals surface area contributed by atoms with Gasteiger partial charge in [0.25, 0.3) is 0 Å². The summed E-state index contributed by atoms with van der Waals surface area (Å²) in [6.07, 6.45) is 0. The Balaban J connectivity index is 2.45. The molecular weight excluding hydrogens is 280 g/mol. The molecular formula is C14H13ClN2OS. The number of rotatable bonds is 3. The average molecular weight is 293 g/mol. The van der Waals surface area contributed by atoms with E-state index < -0.39 is 9.73 Å². The maximum absolute atomic E-state index is 12.3. The summed E-state index contributed by atoms with van der Waals surface area (Å²) in [6.45, 7) is 0. The van der Waals surface area contributed by atoms with E-state index in [4.69, 9.17) is 22.1 Å². The van der Waals surface area contributed by atoms with Crippen LogP contribution in [0.4, 0.5) is 0 Å². The summed E-state index contributed by atoms with van der Waals surface area (Å²) in [5, 5.41) is 1.73. The predicted octanol–water partition coefficient (Wildman–Crippen LogP) is 3.70. The van der Waals surface area contributed by atoms with Gasteiger partial charge in [0.05, 0.1) is 20.3 Å². The molecule has 0 saturated heterocycles. The van der Waals surface area contributed by atoms with Gasteiger partial charge in [-0.1, -0.05) is 48.0 Å². The van der Waals surface area contributed by atoms with E-state index in [0.717, 1.165) is 0 Å². The molecule has 0 saturated carbocycles. The first-order valence-electron chi connectivity index (χ1n) is 5.56. The van der Waals surface area contributed by atoms with Crippen molar-refractivity contribution in [2.75, 3.05) is 0 Å². The molecule has 0 aliphatic carbocycles. The molecule has 2 rings (SSSR count). The van der Waals surface area contributed by atoms with Gasteiger partial charge in [0, 0.05) is 16.0 Å². The number of hydrogen-bond acceptors (Lipinski definition) is 3. The Morgan fingerprint density at radius 1 is 1.11 bits per heavy atom. The van der Waals surface area contributed by atoms with Crippen molar-refractivity contribution in [1.82, 2.24) is 0 Å². The topological polar surface area (TPSA) is 66.9 Å². The highest BCUT2D eigenvalue weighted by Crippen LogP contribution is 2.23. The summed E-state index contributed by atoms with van der Waals surface area (Å²) in [6, 6.07) is 15.6. The van der Waals surface area contributed by atoms with Gasteiger partial charge in [-0.05, 0) is 18.2 Å². The summed E-state index contributed by atoms with van der Waals surface area (Å²) in [5.41, 5.74) is 6.73. The molecule has 19 heavy (non-hydrogen) atoms. The van der Waals surface area contributed by atoms with Crippen molar-refractivity contribution in [3.8, 4) is 0 Å². The third kappa shape index (κ3) is 3.16. The molecule has 0 fully saturated rings. The molecule has 0 heterocycles. The third-order valence-corrected chi connectivity index (χ3v) is 4.46. The van der Waals surface area contributed by atoms with Gasteiger partial charge in [-0.25, -0.2) is 8.99 Å². The molecule has 1 atom stereocenters. The normalized spacial score (nSPS) is 14.9. The van der Waals surface area contributed by atoms with Crippen molar-refractivity contribution in [3.05, 3.63) is 70.6 Å². The molecule has 3 N–H and O–H groups in total. The standard InChI is InChI=1S/C14H13ClN2OS/c15-13-9-5-4-8-12(13)14(16)10-19(17,18)11-6-2-1-3-7-11/h1-10,17H,16H2. The van der Waals surface area contributed by atoms with Crippen molar-refractivity contribution in [2.24, 2.45) is 5.73 Å². The van der Waals surface area contributed by atoms with Crippen LogP contribution >= 0.6 is 11.6 Å².